The molecule has 3 saturated heterocycles. The third-order valence-corrected chi connectivity index (χ3v) is 6.96. The second-order valence-electron chi connectivity index (χ2n) is 9.11. The number of nitrogens with one attached hydrogen (secondary N) is 1. The number of fused-ring (bicyclic) bond motifs is 3. The van der Waals surface area contributed by atoms with Crippen molar-refractivity contribution in [2.75, 3.05) is 38.7 Å². The molecule has 2 aromatic rings. The third-order valence-electron chi connectivity index (χ3n) is 6.96. The Hall–Kier alpha value is -3.14. The predicted molar refractivity (Wildman–Crippen MR) is 127 cm³/mol. The van der Waals surface area contributed by atoms with Crippen LogP contribution in [0.3, 0.4) is 0 Å². The van der Waals surface area contributed by atoms with E-state index in [1.54, 1.807) is 19.1 Å². The van der Waals surface area contributed by atoms with E-state index in [2.05, 4.69) is 17.4 Å². The SMILES string of the molecule is COc1cccc(N2CC(O)CN3C4C(=O)N(CCCc5ccccc5)C(=O)N(C)C4NC23)c1. The smallest absolute Gasteiger partial charge is 0.327 e. The Morgan fingerprint density at radius 1 is 1.09 bits per heavy atom. The molecule has 9 heteroatoms. The van der Waals surface area contributed by atoms with Crippen molar-refractivity contribution in [2.45, 2.75) is 37.4 Å². The normalized spacial score (nSPS) is 27.1. The molecule has 2 N–H and O–H groups in total. The fourth-order valence-corrected chi connectivity index (χ4v) is 5.27. The highest BCUT2D eigenvalue weighted by Crippen LogP contribution is 2.34. The van der Waals surface area contributed by atoms with E-state index in [0.29, 0.717) is 31.8 Å². The van der Waals surface area contributed by atoms with Crippen LogP contribution in [-0.2, 0) is 11.2 Å². The Balaban J connectivity index is 1.36. The number of hydrogen-bond donors (Lipinski definition) is 2. The predicted octanol–water partition coefficient (Wildman–Crippen LogP) is 1.29. The third kappa shape index (κ3) is 4.00. The van der Waals surface area contributed by atoms with Crippen LogP contribution in [0.1, 0.15) is 12.0 Å². The van der Waals surface area contributed by atoms with E-state index in [-0.39, 0.29) is 18.2 Å². The number of aliphatic hydroxyl groups is 1. The van der Waals surface area contributed by atoms with Crippen molar-refractivity contribution in [3.63, 3.8) is 0 Å². The summed E-state index contributed by atoms with van der Waals surface area (Å²) in [5.74, 6) is 0.503. The lowest BCUT2D eigenvalue weighted by atomic mass is 10.1. The molecule has 3 fully saturated rings. The number of amides is 3. The lowest BCUT2D eigenvalue weighted by Gasteiger charge is -2.45. The zero-order chi connectivity index (χ0) is 23.8. The maximum Gasteiger partial charge on any atom is 0.327 e. The van der Waals surface area contributed by atoms with Gasteiger partial charge in [0.25, 0.3) is 5.91 Å². The molecular formula is C25H31N5O4. The fraction of sp³-hybridized carbons (Fsp3) is 0.440. The first-order chi connectivity index (χ1) is 16.5. The van der Waals surface area contributed by atoms with Gasteiger partial charge in [-0.2, -0.15) is 0 Å². The summed E-state index contributed by atoms with van der Waals surface area (Å²) in [6.07, 6.45) is 0.0677. The second-order valence-corrected chi connectivity index (χ2v) is 9.11. The minimum absolute atomic E-state index is 0.212. The molecule has 2 aromatic carbocycles. The van der Waals surface area contributed by atoms with Crippen LogP contribution in [0.25, 0.3) is 0 Å². The summed E-state index contributed by atoms with van der Waals surface area (Å²) in [4.78, 5) is 33.7. The molecule has 3 heterocycles. The van der Waals surface area contributed by atoms with Crippen LogP contribution in [0.4, 0.5) is 10.5 Å². The zero-order valence-corrected chi connectivity index (χ0v) is 19.5. The van der Waals surface area contributed by atoms with Crippen molar-refractivity contribution in [1.82, 2.24) is 20.0 Å². The number of imide groups is 1. The molecule has 5 rings (SSSR count). The maximum atomic E-state index is 13.6. The van der Waals surface area contributed by atoms with Gasteiger partial charge < -0.3 is 19.6 Å². The average molecular weight is 466 g/mol. The molecule has 0 aliphatic carbocycles. The molecule has 34 heavy (non-hydrogen) atoms. The van der Waals surface area contributed by atoms with E-state index in [0.717, 1.165) is 12.1 Å². The van der Waals surface area contributed by atoms with E-state index < -0.39 is 18.3 Å². The molecule has 180 valence electrons. The van der Waals surface area contributed by atoms with Crippen LogP contribution in [0.2, 0.25) is 0 Å². The molecule has 0 spiro atoms. The van der Waals surface area contributed by atoms with Crippen molar-refractivity contribution >= 4 is 17.6 Å². The molecular weight excluding hydrogens is 434 g/mol. The molecule has 3 aliphatic heterocycles. The number of carbonyl (C=O) groups excluding carboxylic acids is 2. The summed E-state index contributed by atoms with van der Waals surface area (Å²) in [5, 5.41) is 14.2. The highest BCUT2D eigenvalue weighted by atomic mass is 16.5. The number of nitrogens with zero attached hydrogens (tertiary/aromatic N) is 4. The van der Waals surface area contributed by atoms with Gasteiger partial charge in [-0.25, -0.2) is 4.79 Å². The lowest BCUT2D eigenvalue weighted by Crippen LogP contribution is -2.67. The van der Waals surface area contributed by atoms with Crippen LogP contribution in [0.15, 0.2) is 54.6 Å². The van der Waals surface area contributed by atoms with Gasteiger partial charge in [-0.05, 0) is 30.5 Å². The number of hydrogen-bond acceptors (Lipinski definition) is 7. The summed E-state index contributed by atoms with van der Waals surface area (Å²) in [5.41, 5.74) is 2.06. The first-order valence-corrected chi connectivity index (χ1v) is 11.7. The first kappa shape index (κ1) is 22.6. The number of aryl methyl sites for hydroxylation is 1. The monoisotopic (exact) mass is 465 g/mol. The van der Waals surface area contributed by atoms with Crippen LogP contribution in [0, 0.1) is 0 Å². The number of carbonyl (C=O) groups is 2. The molecule has 3 amide bonds. The molecule has 3 aliphatic rings. The van der Waals surface area contributed by atoms with Crippen LogP contribution < -0.4 is 15.0 Å². The van der Waals surface area contributed by atoms with Gasteiger partial charge in [-0.1, -0.05) is 36.4 Å². The van der Waals surface area contributed by atoms with E-state index >= 15 is 0 Å². The number of ether oxygens (including phenoxy) is 1. The van der Waals surface area contributed by atoms with E-state index in [9.17, 15) is 14.7 Å². The molecule has 0 aromatic heterocycles. The minimum atomic E-state index is -0.634. The Bertz CT molecular complexity index is 1050. The van der Waals surface area contributed by atoms with Gasteiger partial charge in [0.2, 0.25) is 0 Å². The Labute approximate surface area is 199 Å². The Morgan fingerprint density at radius 3 is 2.65 bits per heavy atom. The highest BCUT2D eigenvalue weighted by molar-refractivity contribution is 6.00. The second kappa shape index (κ2) is 9.25. The first-order valence-electron chi connectivity index (χ1n) is 11.7. The van der Waals surface area contributed by atoms with Gasteiger partial charge in [0.05, 0.1) is 13.2 Å². The number of β-amino-alcohol motifs (C(OH)–C–C–N with tert-alkyl or cyclic N) is 1. The van der Waals surface area contributed by atoms with E-state index in [1.165, 1.54) is 10.5 Å². The van der Waals surface area contributed by atoms with Crippen molar-refractivity contribution in [3.8, 4) is 5.75 Å². The number of urea groups is 1. The van der Waals surface area contributed by atoms with Gasteiger partial charge in [0, 0.05) is 38.4 Å². The van der Waals surface area contributed by atoms with Gasteiger partial charge >= 0.3 is 6.03 Å². The fourth-order valence-electron chi connectivity index (χ4n) is 5.27. The van der Waals surface area contributed by atoms with Crippen molar-refractivity contribution in [2.24, 2.45) is 0 Å². The van der Waals surface area contributed by atoms with Gasteiger partial charge in [0.15, 0.2) is 0 Å². The van der Waals surface area contributed by atoms with Crippen molar-refractivity contribution < 1.29 is 19.4 Å². The molecule has 0 radical (unpaired) electrons. The minimum Gasteiger partial charge on any atom is -0.497 e. The van der Waals surface area contributed by atoms with Crippen molar-refractivity contribution in [1.29, 1.82) is 0 Å². The number of aliphatic hydroxyl groups excluding tert-OH is 1. The number of rotatable bonds is 6. The van der Waals surface area contributed by atoms with Gasteiger partial charge in [-0.3, -0.25) is 19.9 Å². The van der Waals surface area contributed by atoms with Crippen LogP contribution in [-0.4, -0.2) is 90.1 Å². The van der Waals surface area contributed by atoms with Crippen LogP contribution >= 0.6 is 0 Å². The largest absolute Gasteiger partial charge is 0.497 e. The Kier molecular flexibility index (Phi) is 6.16. The van der Waals surface area contributed by atoms with E-state index in [4.69, 9.17) is 4.74 Å². The summed E-state index contributed by atoms with van der Waals surface area (Å²) in [7, 11) is 3.35. The number of likely N-dealkylation sites (N-methyl/N-ethyl adjacent to an activating group) is 1. The standard InChI is InChI=1S/C25H31N5O4/c1-27-22-21(23(32)28(25(27)33)13-7-10-17-8-4-3-5-9-17)30-16-19(31)15-29(24(30)26-22)18-11-6-12-20(14-18)34-2/h3-6,8-9,11-12,14,19,21-22,24,26,31H,7,10,13,15-16H2,1-2H3. The molecule has 0 bridgehead atoms. The van der Waals surface area contributed by atoms with Crippen LogP contribution in [0.5, 0.6) is 5.75 Å². The molecule has 0 saturated carbocycles. The average Bonchev–Trinajstić information content (AvgIpc) is 3.24. The quantitative estimate of drug-likeness (QED) is 0.665. The van der Waals surface area contributed by atoms with Gasteiger partial charge in [-0.15, -0.1) is 0 Å². The molecule has 4 unspecified atom stereocenters. The maximum absolute atomic E-state index is 13.6. The van der Waals surface area contributed by atoms with E-state index in [1.807, 2.05) is 52.3 Å². The number of benzene rings is 2. The Morgan fingerprint density at radius 2 is 1.88 bits per heavy atom. The summed E-state index contributed by atoms with van der Waals surface area (Å²) in [6.45, 7) is 1.12. The lowest BCUT2D eigenvalue weighted by molar-refractivity contribution is -0.139. The molecule has 4 atom stereocenters. The van der Waals surface area contributed by atoms with Crippen molar-refractivity contribution in [3.05, 3.63) is 60.2 Å². The highest BCUT2D eigenvalue weighted by Gasteiger charge is 2.56. The topological polar surface area (TPSA) is 88.6 Å². The number of anilines is 1. The summed E-state index contributed by atoms with van der Waals surface area (Å²) in [6, 6.07) is 16.8. The van der Waals surface area contributed by atoms with Gasteiger partial charge in [0.1, 0.15) is 24.2 Å². The molecule has 9 nitrogen and oxygen atoms in total. The summed E-state index contributed by atoms with van der Waals surface area (Å²) < 4.78 is 5.37. The number of methoxy groups -OCH3 is 1. The zero-order valence-electron chi connectivity index (χ0n) is 19.5. The summed E-state index contributed by atoms with van der Waals surface area (Å²) >= 11 is 0.